The Balaban J connectivity index is 2.66. The monoisotopic (exact) mass is 193 g/mol. The molecule has 0 saturated heterocycles. The number of nitrogens with two attached hydrogens (primary N) is 1. The van der Waals surface area contributed by atoms with Gasteiger partial charge < -0.3 is 20.0 Å². The van der Waals surface area contributed by atoms with E-state index in [1.807, 2.05) is 0 Å². The van der Waals surface area contributed by atoms with Crippen LogP contribution in [0.4, 0.5) is 0 Å². The van der Waals surface area contributed by atoms with Crippen molar-refractivity contribution in [3.05, 3.63) is 24.0 Å². The van der Waals surface area contributed by atoms with Crippen LogP contribution in [-0.2, 0) is 6.54 Å². The molecule has 0 radical (unpaired) electrons. The van der Waals surface area contributed by atoms with Crippen molar-refractivity contribution in [3.63, 3.8) is 0 Å². The molecule has 4 nitrogen and oxygen atoms in total. The van der Waals surface area contributed by atoms with Crippen molar-refractivity contribution in [2.45, 2.75) is 6.54 Å². The molecule has 3 N–H and O–H groups in total. The lowest BCUT2D eigenvalue weighted by molar-refractivity contribution is 0.414. The number of ether oxygens (including phenoxy) is 1. The predicted octanol–water partition coefficient (Wildman–Crippen LogP) is 1.61. The number of rotatable bonds is 2. The van der Waals surface area contributed by atoms with Crippen molar-refractivity contribution >= 4 is 11.0 Å². The topological polar surface area (TPSA) is 68.6 Å². The van der Waals surface area contributed by atoms with Gasteiger partial charge in [-0.2, -0.15) is 0 Å². The van der Waals surface area contributed by atoms with Crippen molar-refractivity contribution in [1.82, 2.24) is 0 Å². The zero-order valence-electron chi connectivity index (χ0n) is 7.78. The van der Waals surface area contributed by atoms with Crippen LogP contribution in [0.2, 0.25) is 0 Å². The fourth-order valence-electron chi connectivity index (χ4n) is 1.38. The fourth-order valence-corrected chi connectivity index (χ4v) is 1.38. The molecule has 0 saturated carbocycles. The summed E-state index contributed by atoms with van der Waals surface area (Å²) in [5.41, 5.74) is 5.99. The van der Waals surface area contributed by atoms with Gasteiger partial charge in [-0.05, 0) is 12.1 Å². The molecule has 0 fully saturated rings. The second-order valence-electron chi connectivity index (χ2n) is 2.94. The lowest BCUT2D eigenvalue weighted by atomic mass is 10.2. The SMILES string of the molecule is COc1ccc2c(O)c(CN)oc2c1. The first-order valence-electron chi connectivity index (χ1n) is 4.24. The third-order valence-electron chi connectivity index (χ3n) is 2.13. The summed E-state index contributed by atoms with van der Waals surface area (Å²) >= 11 is 0. The van der Waals surface area contributed by atoms with Crippen LogP contribution in [0.25, 0.3) is 11.0 Å². The maximum atomic E-state index is 9.64. The van der Waals surface area contributed by atoms with Crippen LogP contribution in [0.1, 0.15) is 5.76 Å². The molecule has 4 heteroatoms. The summed E-state index contributed by atoms with van der Waals surface area (Å²) in [6.45, 7) is 0.183. The van der Waals surface area contributed by atoms with Crippen LogP contribution in [0.3, 0.4) is 0 Å². The minimum absolute atomic E-state index is 0.116. The van der Waals surface area contributed by atoms with Gasteiger partial charge in [0.1, 0.15) is 11.3 Å². The predicted molar refractivity (Wildman–Crippen MR) is 52.3 cm³/mol. The Labute approximate surface area is 80.9 Å². The maximum absolute atomic E-state index is 9.64. The van der Waals surface area contributed by atoms with Crippen LogP contribution in [-0.4, -0.2) is 12.2 Å². The fraction of sp³-hybridized carbons (Fsp3) is 0.200. The number of methoxy groups -OCH3 is 1. The number of benzene rings is 1. The van der Waals surface area contributed by atoms with E-state index in [4.69, 9.17) is 14.9 Å². The maximum Gasteiger partial charge on any atom is 0.166 e. The van der Waals surface area contributed by atoms with Gasteiger partial charge in [-0.25, -0.2) is 0 Å². The van der Waals surface area contributed by atoms with Crippen molar-refractivity contribution in [2.75, 3.05) is 7.11 Å². The summed E-state index contributed by atoms with van der Waals surface area (Å²) in [4.78, 5) is 0. The zero-order valence-corrected chi connectivity index (χ0v) is 7.78. The van der Waals surface area contributed by atoms with Gasteiger partial charge in [0, 0.05) is 6.07 Å². The Hall–Kier alpha value is -1.68. The van der Waals surface area contributed by atoms with Gasteiger partial charge in [0.2, 0.25) is 0 Å². The minimum Gasteiger partial charge on any atom is -0.504 e. The molecule has 2 rings (SSSR count). The van der Waals surface area contributed by atoms with E-state index in [1.165, 1.54) is 0 Å². The smallest absolute Gasteiger partial charge is 0.166 e. The standard InChI is InChI=1S/C10H11NO3/c1-13-6-2-3-7-8(4-6)14-9(5-11)10(7)12/h2-4,12H,5,11H2,1H3. The highest BCUT2D eigenvalue weighted by Crippen LogP contribution is 2.33. The summed E-state index contributed by atoms with van der Waals surface area (Å²) < 4.78 is 10.4. The molecule has 0 atom stereocenters. The summed E-state index contributed by atoms with van der Waals surface area (Å²) in [6.07, 6.45) is 0. The normalized spacial score (nSPS) is 10.7. The average molecular weight is 193 g/mol. The lowest BCUT2D eigenvalue weighted by Gasteiger charge is -1.96. The Morgan fingerprint density at radius 1 is 1.50 bits per heavy atom. The summed E-state index contributed by atoms with van der Waals surface area (Å²) in [7, 11) is 1.58. The molecular formula is C10H11NO3. The van der Waals surface area contributed by atoms with E-state index in [9.17, 15) is 5.11 Å². The molecule has 14 heavy (non-hydrogen) atoms. The third kappa shape index (κ3) is 1.20. The van der Waals surface area contributed by atoms with Gasteiger partial charge in [-0.3, -0.25) is 0 Å². The molecule has 0 spiro atoms. The molecule has 1 aromatic carbocycles. The molecule has 2 aromatic rings. The summed E-state index contributed by atoms with van der Waals surface area (Å²) in [5, 5.41) is 10.3. The van der Waals surface area contributed by atoms with E-state index in [-0.39, 0.29) is 12.3 Å². The molecule has 0 aliphatic rings. The number of aromatic hydroxyl groups is 1. The zero-order chi connectivity index (χ0) is 10.1. The Morgan fingerprint density at radius 3 is 2.93 bits per heavy atom. The highest BCUT2D eigenvalue weighted by molar-refractivity contribution is 5.86. The van der Waals surface area contributed by atoms with E-state index in [0.29, 0.717) is 22.5 Å². The van der Waals surface area contributed by atoms with Crippen LogP contribution >= 0.6 is 0 Å². The van der Waals surface area contributed by atoms with E-state index in [0.717, 1.165) is 0 Å². The van der Waals surface area contributed by atoms with Crippen molar-refractivity contribution in [1.29, 1.82) is 0 Å². The molecule has 0 aliphatic carbocycles. The second-order valence-corrected chi connectivity index (χ2v) is 2.94. The summed E-state index contributed by atoms with van der Waals surface area (Å²) in [6, 6.07) is 5.22. The first-order chi connectivity index (χ1) is 6.76. The Bertz CT molecular complexity index is 462. The molecule has 0 bridgehead atoms. The van der Waals surface area contributed by atoms with Gasteiger partial charge in [-0.15, -0.1) is 0 Å². The second kappa shape index (κ2) is 3.23. The average Bonchev–Trinajstić information content (AvgIpc) is 2.55. The van der Waals surface area contributed by atoms with Gasteiger partial charge in [0.25, 0.3) is 0 Å². The van der Waals surface area contributed by atoms with E-state index in [1.54, 1.807) is 25.3 Å². The number of fused-ring (bicyclic) bond motifs is 1. The van der Waals surface area contributed by atoms with Gasteiger partial charge >= 0.3 is 0 Å². The van der Waals surface area contributed by atoms with E-state index < -0.39 is 0 Å². The summed E-state index contributed by atoms with van der Waals surface area (Å²) in [5.74, 6) is 1.20. The van der Waals surface area contributed by atoms with E-state index in [2.05, 4.69) is 0 Å². The van der Waals surface area contributed by atoms with Gasteiger partial charge in [0.05, 0.1) is 19.0 Å². The van der Waals surface area contributed by atoms with Crippen LogP contribution in [0.5, 0.6) is 11.5 Å². The molecule has 0 aliphatic heterocycles. The highest BCUT2D eigenvalue weighted by Gasteiger charge is 2.11. The van der Waals surface area contributed by atoms with Gasteiger partial charge in [0.15, 0.2) is 11.5 Å². The number of furan rings is 1. The number of hydrogen-bond donors (Lipinski definition) is 2. The first kappa shape index (κ1) is 8.90. The minimum atomic E-state index is 0.116. The third-order valence-corrected chi connectivity index (χ3v) is 2.13. The molecule has 1 heterocycles. The molecule has 74 valence electrons. The highest BCUT2D eigenvalue weighted by atomic mass is 16.5. The first-order valence-corrected chi connectivity index (χ1v) is 4.24. The van der Waals surface area contributed by atoms with Crippen molar-refractivity contribution in [2.24, 2.45) is 5.73 Å². The van der Waals surface area contributed by atoms with Crippen LogP contribution in [0, 0.1) is 0 Å². The van der Waals surface area contributed by atoms with Crippen molar-refractivity contribution < 1.29 is 14.3 Å². The molecule has 0 amide bonds. The quantitative estimate of drug-likeness (QED) is 0.760. The lowest BCUT2D eigenvalue weighted by Crippen LogP contribution is -1.93. The van der Waals surface area contributed by atoms with Crippen LogP contribution in [0.15, 0.2) is 22.6 Å². The Kier molecular flexibility index (Phi) is 2.05. The van der Waals surface area contributed by atoms with Crippen LogP contribution < -0.4 is 10.5 Å². The van der Waals surface area contributed by atoms with Crippen molar-refractivity contribution in [3.8, 4) is 11.5 Å². The number of hydrogen-bond acceptors (Lipinski definition) is 4. The molecular weight excluding hydrogens is 182 g/mol. The molecule has 1 aromatic heterocycles. The largest absolute Gasteiger partial charge is 0.504 e. The van der Waals surface area contributed by atoms with E-state index >= 15 is 0 Å². The van der Waals surface area contributed by atoms with Gasteiger partial charge in [-0.1, -0.05) is 0 Å². The molecule has 0 unspecified atom stereocenters. The Morgan fingerprint density at radius 2 is 2.29 bits per heavy atom.